The fraction of sp³-hybridized carbons (Fsp3) is 0.292. The number of anilines is 2. The molecule has 9 heteroatoms. The van der Waals surface area contributed by atoms with Crippen LogP contribution < -0.4 is 15.5 Å². The summed E-state index contributed by atoms with van der Waals surface area (Å²) >= 11 is 14.8. The molecule has 0 radical (unpaired) electrons. The highest BCUT2D eigenvalue weighted by Gasteiger charge is 2.43. The molecule has 1 amide bonds. The van der Waals surface area contributed by atoms with Crippen molar-refractivity contribution in [2.24, 2.45) is 5.92 Å². The van der Waals surface area contributed by atoms with E-state index in [1.807, 2.05) is 50.2 Å². The fourth-order valence-corrected chi connectivity index (χ4v) is 5.51. The van der Waals surface area contributed by atoms with Crippen molar-refractivity contribution < 1.29 is 4.79 Å². The SMILES string of the molecule is Cc1[nH]c(C)c([C@@H]2[C@H](c3ccccn3)NC(=S)N2c2ccc(NC(=O)C(C)C)c(Cl)c2)c1I. The largest absolute Gasteiger partial charge is 0.362 e. The smallest absolute Gasteiger partial charge is 0.226 e. The van der Waals surface area contributed by atoms with E-state index in [9.17, 15) is 4.79 Å². The lowest BCUT2D eigenvalue weighted by atomic mass is 9.96. The minimum atomic E-state index is -0.139. The number of nitrogens with zero attached hydrogens (tertiary/aromatic N) is 2. The van der Waals surface area contributed by atoms with Crippen LogP contribution >= 0.6 is 46.4 Å². The molecule has 33 heavy (non-hydrogen) atoms. The standard InChI is InChI=1S/C24H25ClIN5OS/c1-12(2)23(32)29-17-9-8-15(11-16(17)25)31-22(19-13(3)28-14(4)20(19)26)21(30-24(31)33)18-7-5-6-10-27-18/h5-12,21-22,28H,1-4H3,(H,29,32)(H,30,33)/t21-,22+/m0/s1. The number of pyridine rings is 1. The van der Waals surface area contributed by atoms with Gasteiger partial charge in [-0.25, -0.2) is 0 Å². The molecule has 0 unspecified atom stereocenters. The minimum Gasteiger partial charge on any atom is -0.362 e. The summed E-state index contributed by atoms with van der Waals surface area (Å²) in [6.45, 7) is 7.84. The Balaban J connectivity index is 1.80. The van der Waals surface area contributed by atoms with Gasteiger partial charge in [0.25, 0.3) is 0 Å². The van der Waals surface area contributed by atoms with Gasteiger partial charge in [-0.3, -0.25) is 9.78 Å². The van der Waals surface area contributed by atoms with Crippen molar-refractivity contribution in [3.8, 4) is 0 Å². The minimum absolute atomic E-state index is 0.0796. The molecule has 1 saturated heterocycles. The highest BCUT2D eigenvalue weighted by atomic mass is 127. The van der Waals surface area contributed by atoms with Crippen LogP contribution in [0.15, 0.2) is 42.6 Å². The van der Waals surface area contributed by atoms with Crippen LogP contribution in [-0.2, 0) is 4.79 Å². The number of rotatable bonds is 5. The molecule has 0 bridgehead atoms. The molecule has 2 atom stereocenters. The van der Waals surface area contributed by atoms with E-state index in [0.29, 0.717) is 15.8 Å². The van der Waals surface area contributed by atoms with Gasteiger partial charge in [0.1, 0.15) is 0 Å². The molecule has 3 aromatic rings. The van der Waals surface area contributed by atoms with E-state index >= 15 is 0 Å². The van der Waals surface area contributed by atoms with Crippen LogP contribution in [-0.4, -0.2) is 21.0 Å². The zero-order chi connectivity index (χ0) is 23.9. The number of nitrogens with one attached hydrogen (secondary N) is 3. The molecular weight excluding hydrogens is 569 g/mol. The first kappa shape index (κ1) is 24.0. The van der Waals surface area contributed by atoms with Gasteiger partial charge < -0.3 is 20.5 Å². The Hall–Kier alpha value is -2.17. The molecule has 1 aliphatic rings. The van der Waals surface area contributed by atoms with Crippen molar-refractivity contribution in [1.29, 1.82) is 0 Å². The van der Waals surface area contributed by atoms with Crippen molar-refractivity contribution in [3.63, 3.8) is 0 Å². The maximum atomic E-state index is 12.1. The van der Waals surface area contributed by atoms with Crippen LogP contribution in [0.3, 0.4) is 0 Å². The number of aromatic nitrogens is 2. The second-order valence-corrected chi connectivity index (χ2v) is 10.3. The van der Waals surface area contributed by atoms with Crippen molar-refractivity contribution >= 4 is 68.8 Å². The first-order valence-electron chi connectivity index (χ1n) is 10.6. The average Bonchev–Trinajstić information content (AvgIpc) is 3.24. The Bertz CT molecular complexity index is 1210. The van der Waals surface area contributed by atoms with E-state index in [0.717, 1.165) is 22.8 Å². The summed E-state index contributed by atoms with van der Waals surface area (Å²) < 4.78 is 1.17. The number of H-pyrrole nitrogens is 1. The van der Waals surface area contributed by atoms with Crippen molar-refractivity contribution in [3.05, 3.63) is 73.8 Å². The second kappa shape index (κ2) is 9.60. The molecule has 1 fully saturated rings. The number of benzene rings is 1. The molecule has 172 valence electrons. The number of hydrogen-bond acceptors (Lipinski definition) is 3. The maximum Gasteiger partial charge on any atom is 0.226 e. The van der Waals surface area contributed by atoms with E-state index in [4.69, 9.17) is 23.8 Å². The third-order valence-electron chi connectivity index (χ3n) is 5.75. The number of halogens is 2. The van der Waals surface area contributed by atoms with E-state index in [-0.39, 0.29) is 23.9 Å². The van der Waals surface area contributed by atoms with Gasteiger partial charge in [0.05, 0.1) is 28.5 Å². The molecule has 4 rings (SSSR count). The Morgan fingerprint density at radius 2 is 2.00 bits per heavy atom. The van der Waals surface area contributed by atoms with Crippen molar-refractivity contribution in [2.45, 2.75) is 39.8 Å². The molecule has 0 spiro atoms. The molecule has 3 heterocycles. The van der Waals surface area contributed by atoms with Crippen LogP contribution in [0, 0.1) is 23.3 Å². The van der Waals surface area contributed by atoms with E-state index in [2.05, 4.69) is 61.9 Å². The topological polar surface area (TPSA) is 73.1 Å². The van der Waals surface area contributed by atoms with Crippen molar-refractivity contribution in [1.82, 2.24) is 15.3 Å². The number of carbonyl (C=O) groups is 1. The zero-order valence-electron chi connectivity index (χ0n) is 18.7. The number of hydrogen-bond donors (Lipinski definition) is 3. The number of carbonyl (C=O) groups excluding carboxylic acids is 1. The molecule has 2 aromatic heterocycles. The predicted octanol–water partition coefficient (Wildman–Crippen LogP) is 6.06. The monoisotopic (exact) mass is 593 g/mol. The Kier molecular flexibility index (Phi) is 6.97. The third-order valence-corrected chi connectivity index (χ3v) is 7.77. The molecule has 3 N–H and O–H groups in total. The average molecular weight is 594 g/mol. The number of aromatic amines is 1. The van der Waals surface area contributed by atoms with Crippen molar-refractivity contribution in [2.75, 3.05) is 10.2 Å². The van der Waals surface area contributed by atoms with Gasteiger partial charge >= 0.3 is 0 Å². The summed E-state index contributed by atoms with van der Waals surface area (Å²) in [6, 6.07) is 11.2. The van der Waals surface area contributed by atoms with Crippen LogP contribution in [0.5, 0.6) is 0 Å². The van der Waals surface area contributed by atoms with Crippen LogP contribution in [0.2, 0.25) is 5.02 Å². The summed E-state index contributed by atoms with van der Waals surface area (Å²) in [6.07, 6.45) is 1.79. The molecule has 0 aliphatic carbocycles. The van der Waals surface area contributed by atoms with Gasteiger partial charge in [-0.05, 0) is 79.0 Å². The zero-order valence-corrected chi connectivity index (χ0v) is 22.5. The van der Waals surface area contributed by atoms with E-state index in [1.54, 1.807) is 6.20 Å². The summed E-state index contributed by atoms with van der Waals surface area (Å²) in [5, 5.41) is 7.42. The fourth-order valence-electron chi connectivity index (χ4n) is 4.08. The Morgan fingerprint density at radius 1 is 1.24 bits per heavy atom. The lowest BCUT2D eigenvalue weighted by Gasteiger charge is -2.29. The molecule has 6 nitrogen and oxygen atoms in total. The first-order chi connectivity index (χ1) is 15.7. The first-order valence-corrected chi connectivity index (χ1v) is 12.5. The van der Waals surface area contributed by atoms with Crippen LogP contribution in [0.25, 0.3) is 0 Å². The summed E-state index contributed by atoms with van der Waals surface area (Å²) in [5.41, 5.74) is 5.71. The molecule has 1 aliphatic heterocycles. The maximum absolute atomic E-state index is 12.1. The van der Waals surface area contributed by atoms with E-state index in [1.165, 1.54) is 9.13 Å². The lowest BCUT2D eigenvalue weighted by Crippen LogP contribution is -2.30. The lowest BCUT2D eigenvalue weighted by molar-refractivity contribution is -0.118. The third kappa shape index (κ3) is 4.61. The van der Waals surface area contributed by atoms with Gasteiger partial charge in [0, 0.05) is 38.3 Å². The molecule has 0 saturated carbocycles. The quantitative estimate of drug-likeness (QED) is 0.248. The van der Waals surface area contributed by atoms with Gasteiger partial charge in [0.15, 0.2) is 5.11 Å². The van der Waals surface area contributed by atoms with E-state index < -0.39 is 0 Å². The number of amides is 1. The highest BCUT2D eigenvalue weighted by molar-refractivity contribution is 14.1. The number of thiocarbonyl (C=S) groups is 1. The number of aryl methyl sites for hydroxylation is 2. The van der Waals surface area contributed by atoms with Crippen LogP contribution in [0.1, 0.15) is 48.6 Å². The summed E-state index contributed by atoms with van der Waals surface area (Å²) in [4.78, 5) is 22.3. The summed E-state index contributed by atoms with van der Waals surface area (Å²) in [5.74, 6) is -0.217. The second-order valence-electron chi connectivity index (χ2n) is 8.41. The van der Waals surface area contributed by atoms with Gasteiger partial charge in [-0.2, -0.15) is 0 Å². The molecule has 1 aromatic carbocycles. The van der Waals surface area contributed by atoms with Gasteiger partial charge in [-0.1, -0.05) is 31.5 Å². The Morgan fingerprint density at radius 3 is 2.58 bits per heavy atom. The summed E-state index contributed by atoms with van der Waals surface area (Å²) in [7, 11) is 0. The highest BCUT2D eigenvalue weighted by Crippen LogP contribution is 2.45. The molecular formula is C24H25ClIN5OS. The Labute approximate surface area is 217 Å². The normalized spacial score (nSPS) is 18.0. The van der Waals surface area contributed by atoms with Crippen LogP contribution in [0.4, 0.5) is 11.4 Å². The van der Waals surface area contributed by atoms with Gasteiger partial charge in [0.2, 0.25) is 5.91 Å². The predicted molar refractivity (Wildman–Crippen MR) is 146 cm³/mol. The van der Waals surface area contributed by atoms with Gasteiger partial charge in [-0.15, -0.1) is 0 Å².